The largest absolute Gasteiger partial charge is 0.486 e. The van der Waals surface area contributed by atoms with Crippen LogP contribution in [0.25, 0.3) is 11.2 Å². The molecule has 0 unspecified atom stereocenters. The Bertz CT molecular complexity index is 1260. The molecule has 29 heavy (non-hydrogen) atoms. The van der Waals surface area contributed by atoms with Crippen molar-refractivity contribution in [3.05, 3.63) is 48.0 Å². The van der Waals surface area contributed by atoms with E-state index in [0.29, 0.717) is 32.5 Å². The minimum Gasteiger partial charge on any atom is -0.486 e. The molecule has 3 aromatic rings. The molecule has 0 aliphatic rings. The zero-order valence-electron chi connectivity index (χ0n) is 16.0. The predicted octanol–water partition coefficient (Wildman–Crippen LogP) is 2.80. The summed E-state index contributed by atoms with van der Waals surface area (Å²) in [5.41, 5.74) is 2.99. The molecule has 12 heteroatoms. The second kappa shape index (κ2) is 8.10. The lowest BCUT2D eigenvalue weighted by Gasteiger charge is -2.09. The second-order valence-corrected chi connectivity index (χ2v) is 7.54. The first-order chi connectivity index (χ1) is 13.6. The van der Waals surface area contributed by atoms with Gasteiger partial charge >= 0.3 is 5.69 Å². The fraction of sp³-hybridized carbons (Fsp3) is 0.294. The summed E-state index contributed by atoms with van der Waals surface area (Å²) >= 11 is 17.9. The number of hydrogen-bond acceptors (Lipinski definition) is 6. The summed E-state index contributed by atoms with van der Waals surface area (Å²) in [6.07, 6.45) is 0. The minimum absolute atomic E-state index is 0.120. The molecule has 0 amide bonds. The Morgan fingerprint density at radius 3 is 2.41 bits per heavy atom. The highest BCUT2D eigenvalue weighted by Gasteiger charge is 2.16. The molecular formula is C17H17Cl3N6O3. The normalized spacial score (nSPS) is 11.9. The van der Waals surface area contributed by atoms with Gasteiger partial charge in [-0.2, -0.15) is 10.1 Å². The van der Waals surface area contributed by atoms with Gasteiger partial charge in [0.1, 0.15) is 12.4 Å². The molecule has 0 atom stereocenters. The van der Waals surface area contributed by atoms with Crippen LogP contribution >= 0.6 is 34.8 Å². The maximum Gasteiger partial charge on any atom is 0.332 e. The SMILES string of the molecule is C/C(COc1cc(Cl)c(Cl)cc1Cl)=N\Nc1nc2c(c(=O)n(C)c(=O)n2C)n1C. The zero-order valence-corrected chi connectivity index (χ0v) is 18.2. The first-order valence-electron chi connectivity index (χ1n) is 8.30. The highest BCUT2D eigenvalue weighted by Crippen LogP contribution is 2.33. The van der Waals surface area contributed by atoms with Gasteiger partial charge < -0.3 is 9.30 Å². The lowest BCUT2D eigenvalue weighted by Crippen LogP contribution is -2.37. The Morgan fingerprint density at radius 1 is 1.07 bits per heavy atom. The van der Waals surface area contributed by atoms with Gasteiger partial charge in [-0.05, 0) is 13.0 Å². The molecule has 2 heterocycles. The predicted molar refractivity (Wildman–Crippen MR) is 115 cm³/mol. The Kier molecular flexibility index (Phi) is 5.92. The summed E-state index contributed by atoms with van der Waals surface area (Å²) in [5, 5.41) is 5.18. The lowest BCUT2D eigenvalue weighted by atomic mass is 10.3. The summed E-state index contributed by atoms with van der Waals surface area (Å²) in [6, 6.07) is 3.02. The van der Waals surface area contributed by atoms with E-state index < -0.39 is 11.2 Å². The molecule has 9 nitrogen and oxygen atoms in total. The van der Waals surface area contributed by atoms with E-state index in [1.165, 1.54) is 28.3 Å². The van der Waals surface area contributed by atoms with Crippen molar-refractivity contribution in [2.24, 2.45) is 26.2 Å². The van der Waals surface area contributed by atoms with E-state index in [2.05, 4.69) is 15.5 Å². The number of fused-ring (bicyclic) bond motifs is 1. The van der Waals surface area contributed by atoms with Crippen LogP contribution in [0.3, 0.4) is 0 Å². The number of benzene rings is 1. The van der Waals surface area contributed by atoms with E-state index in [-0.39, 0.29) is 17.8 Å². The Labute approximate surface area is 180 Å². The number of nitrogens with one attached hydrogen (secondary N) is 1. The van der Waals surface area contributed by atoms with Crippen LogP contribution in [-0.2, 0) is 21.1 Å². The van der Waals surface area contributed by atoms with Gasteiger partial charge in [-0.15, -0.1) is 0 Å². The highest BCUT2D eigenvalue weighted by molar-refractivity contribution is 6.43. The number of hydrogen-bond donors (Lipinski definition) is 1. The maximum atomic E-state index is 12.4. The number of aryl methyl sites for hydroxylation is 2. The number of rotatable bonds is 5. The van der Waals surface area contributed by atoms with Crippen molar-refractivity contribution in [2.75, 3.05) is 12.0 Å². The molecule has 2 aromatic heterocycles. The van der Waals surface area contributed by atoms with Gasteiger partial charge in [0, 0.05) is 27.2 Å². The summed E-state index contributed by atoms with van der Waals surface area (Å²) in [7, 11) is 4.61. The summed E-state index contributed by atoms with van der Waals surface area (Å²) < 4.78 is 9.47. The van der Waals surface area contributed by atoms with Crippen LogP contribution in [0.5, 0.6) is 5.75 Å². The van der Waals surface area contributed by atoms with Crippen LogP contribution < -0.4 is 21.4 Å². The fourth-order valence-electron chi connectivity index (χ4n) is 2.59. The quantitative estimate of drug-likeness (QED) is 0.360. The van der Waals surface area contributed by atoms with Gasteiger partial charge in [0.25, 0.3) is 5.56 Å². The lowest BCUT2D eigenvalue weighted by molar-refractivity contribution is 0.376. The van der Waals surface area contributed by atoms with Gasteiger partial charge in [-0.1, -0.05) is 34.8 Å². The summed E-state index contributed by atoms with van der Waals surface area (Å²) in [6.45, 7) is 1.85. The molecule has 0 bridgehead atoms. The van der Waals surface area contributed by atoms with Crippen molar-refractivity contribution in [3.8, 4) is 5.75 Å². The molecule has 0 aliphatic heterocycles. The molecule has 0 saturated carbocycles. The van der Waals surface area contributed by atoms with Gasteiger partial charge in [0.15, 0.2) is 11.2 Å². The van der Waals surface area contributed by atoms with Crippen LogP contribution in [0.15, 0.2) is 26.8 Å². The maximum absolute atomic E-state index is 12.4. The smallest absolute Gasteiger partial charge is 0.332 e. The van der Waals surface area contributed by atoms with Crippen molar-refractivity contribution in [2.45, 2.75) is 6.92 Å². The summed E-state index contributed by atoms with van der Waals surface area (Å²) in [5.74, 6) is 0.669. The molecule has 1 aromatic carbocycles. The monoisotopic (exact) mass is 458 g/mol. The third-order valence-electron chi connectivity index (χ3n) is 4.23. The van der Waals surface area contributed by atoms with Crippen molar-refractivity contribution < 1.29 is 4.74 Å². The molecule has 154 valence electrons. The van der Waals surface area contributed by atoms with E-state index in [1.54, 1.807) is 21.0 Å². The summed E-state index contributed by atoms with van der Waals surface area (Å²) in [4.78, 5) is 28.8. The molecule has 0 fully saturated rings. The number of halogens is 3. The van der Waals surface area contributed by atoms with E-state index in [0.717, 1.165) is 4.57 Å². The Balaban J connectivity index is 1.82. The molecule has 1 N–H and O–H groups in total. The standard InChI is InChI=1S/C17H17Cl3N6O3/c1-8(7-29-12-6-10(19)9(18)5-11(12)20)22-23-16-21-14-13(24(16)2)15(27)26(4)17(28)25(14)3/h5-6H,7H2,1-4H3,(H,21,23)/b22-8+. The van der Waals surface area contributed by atoms with Gasteiger partial charge in [0.05, 0.1) is 20.8 Å². The van der Waals surface area contributed by atoms with Crippen LogP contribution in [0.2, 0.25) is 15.1 Å². The average Bonchev–Trinajstić information content (AvgIpc) is 3.01. The second-order valence-electron chi connectivity index (χ2n) is 6.32. The molecule has 0 spiro atoms. The molecule has 0 saturated heterocycles. The molecule has 3 rings (SSSR count). The minimum atomic E-state index is -0.460. The number of anilines is 1. The third-order valence-corrected chi connectivity index (χ3v) is 5.25. The van der Waals surface area contributed by atoms with E-state index in [1.807, 2.05) is 0 Å². The number of nitrogens with zero attached hydrogens (tertiary/aromatic N) is 5. The van der Waals surface area contributed by atoms with E-state index in [9.17, 15) is 9.59 Å². The first-order valence-corrected chi connectivity index (χ1v) is 9.44. The van der Waals surface area contributed by atoms with Crippen LogP contribution in [0.1, 0.15) is 6.92 Å². The van der Waals surface area contributed by atoms with Gasteiger partial charge in [0.2, 0.25) is 5.95 Å². The average molecular weight is 460 g/mol. The number of imidazole rings is 1. The number of ether oxygens (including phenoxy) is 1. The molecule has 0 aliphatic carbocycles. The molecular weight excluding hydrogens is 443 g/mol. The van der Waals surface area contributed by atoms with Gasteiger partial charge in [-0.3, -0.25) is 13.9 Å². The van der Waals surface area contributed by atoms with Crippen molar-refractivity contribution in [3.63, 3.8) is 0 Å². The molecule has 0 radical (unpaired) electrons. The van der Waals surface area contributed by atoms with Crippen molar-refractivity contribution in [1.29, 1.82) is 0 Å². The Hall–Kier alpha value is -2.49. The van der Waals surface area contributed by atoms with E-state index in [4.69, 9.17) is 39.5 Å². The van der Waals surface area contributed by atoms with Crippen LogP contribution in [-0.4, -0.2) is 31.0 Å². The van der Waals surface area contributed by atoms with E-state index >= 15 is 0 Å². The van der Waals surface area contributed by atoms with Gasteiger partial charge in [-0.25, -0.2) is 10.2 Å². The number of hydrazone groups is 1. The third kappa shape index (κ3) is 3.98. The fourth-order valence-corrected chi connectivity index (χ4v) is 3.18. The van der Waals surface area contributed by atoms with Crippen molar-refractivity contribution in [1.82, 2.24) is 18.7 Å². The topological polar surface area (TPSA) is 95.4 Å². The Morgan fingerprint density at radius 2 is 1.72 bits per heavy atom. The van der Waals surface area contributed by atoms with Crippen LogP contribution in [0, 0.1) is 0 Å². The zero-order chi connectivity index (χ0) is 21.5. The highest BCUT2D eigenvalue weighted by atomic mass is 35.5. The number of aromatic nitrogens is 4. The van der Waals surface area contributed by atoms with Crippen LogP contribution in [0.4, 0.5) is 5.95 Å². The first kappa shape index (κ1) is 21.2. The van der Waals surface area contributed by atoms with Crippen molar-refractivity contribution >= 4 is 57.6 Å².